The summed E-state index contributed by atoms with van der Waals surface area (Å²) in [5.41, 5.74) is 9.09. The molecule has 0 unspecified atom stereocenters. The lowest BCUT2D eigenvalue weighted by molar-refractivity contribution is 0.517. The van der Waals surface area contributed by atoms with Gasteiger partial charge < -0.3 is 10.2 Å². The average molecular weight is 233 g/mol. The molecule has 0 aliphatic heterocycles. The van der Waals surface area contributed by atoms with Crippen LogP contribution in [0, 0.1) is 5.92 Å². The van der Waals surface area contributed by atoms with E-state index in [1.807, 2.05) is 6.07 Å². The van der Waals surface area contributed by atoms with Crippen LogP contribution in [0.2, 0.25) is 0 Å². The minimum atomic E-state index is 0.547. The van der Waals surface area contributed by atoms with Gasteiger partial charge in [0.05, 0.1) is 12.0 Å². The number of nitrogens with zero attached hydrogens (tertiary/aromatic N) is 1. The van der Waals surface area contributed by atoms with Crippen LogP contribution in [0.15, 0.2) is 16.7 Å². The number of hydrogen-bond donors (Lipinski definition) is 2. The maximum Gasteiger partial charge on any atom is 0.149 e. The first-order chi connectivity index (χ1) is 8.13. The summed E-state index contributed by atoms with van der Waals surface area (Å²) < 4.78 is 5.45. The van der Waals surface area contributed by atoms with Crippen LogP contribution in [0.3, 0.4) is 0 Å². The van der Waals surface area contributed by atoms with E-state index >= 15 is 0 Å². The molecule has 0 radical (unpaired) electrons. The van der Waals surface area contributed by atoms with Gasteiger partial charge in [-0.15, -0.1) is 0 Å². The monoisotopic (exact) mass is 233 g/mol. The molecule has 0 aromatic carbocycles. The zero-order chi connectivity index (χ0) is 12.4. The van der Waals surface area contributed by atoms with Crippen molar-refractivity contribution in [2.45, 2.75) is 33.6 Å². The number of aryl methyl sites for hydroxylation is 1. The van der Waals surface area contributed by atoms with Gasteiger partial charge in [0.25, 0.3) is 0 Å². The Morgan fingerprint density at radius 2 is 2.24 bits per heavy atom. The molecule has 2 aromatic heterocycles. The Morgan fingerprint density at radius 1 is 1.47 bits per heavy atom. The van der Waals surface area contributed by atoms with Gasteiger partial charge in [-0.1, -0.05) is 20.8 Å². The Balaban J connectivity index is 2.45. The number of aromatic amines is 1. The van der Waals surface area contributed by atoms with Gasteiger partial charge in [0, 0.05) is 17.5 Å². The number of nitrogen functional groups attached to an aromatic ring is 1. The van der Waals surface area contributed by atoms with Crippen molar-refractivity contribution in [3.8, 4) is 11.3 Å². The first kappa shape index (κ1) is 11.8. The fourth-order valence-electron chi connectivity index (χ4n) is 2.05. The molecule has 0 aliphatic carbocycles. The van der Waals surface area contributed by atoms with Gasteiger partial charge in [0.1, 0.15) is 11.6 Å². The van der Waals surface area contributed by atoms with Crippen molar-refractivity contribution in [1.29, 1.82) is 0 Å². The summed E-state index contributed by atoms with van der Waals surface area (Å²) in [5, 5.41) is 7.13. The van der Waals surface area contributed by atoms with Crippen molar-refractivity contribution in [1.82, 2.24) is 10.2 Å². The van der Waals surface area contributed by atoms with Crippen molar-refractivity contribution >= 4 is 5.82 Å². The highest BCUT2D eigenvalue weighted by Gasteiger charge is 2.17. The van der Waals surface area contributed by atoms with Gasteiger partial charge in [-0.2, -0.15) is 5.10 Å². The summed E-state index contributed by atoms with van der Waals surface area (Å²) in [4.78, 5) is 0. The molecule has 4 nitrogen and oxygen atoms in total. The van der Waals surface area contributed by atoms with E-state index in [-0.39, 0.29) is 0 Å². The Morgan fingerprint density at radius 3 is 2.88 bits per heavy atom. The normalized spacial score (nSPS) is 11.3. The lowest BCUT2D eigenvalue weighted by Crippen LogP contribution is -1.99. The molecule has 2 rings (SSSR count). The molecular weight excluding hydrogens is 214 g/mol. The van der Waals surface area contributed by atoms with E-state index in [0.29, 0.717) is 11.7 Å². The Hall–Kier alpha value is -1.71. The first-order valence-corrected chi connectivity index (χ1v) is 6.02. The van der Waals surface area contributed by atoms with Gasteiger partial charge in [-0.25, -0.2) is 0 Å². The average Bonchev–Trinajstić information content (AvgIpc) is 2.86. The molecule has 0 saturated carbocycles. The van der Waals surface area contributed by atoms with Gasteiger partial charge in [0.15, 0.2) is 0 Å². The topological polar surface area (TPSA) is 67.8 Å². The third kappa shape index (κ3) is 2.20. The maximum absolute atomic E-state index is 5.91. The van der Waals surface area contributed by atoms with E-state index in [0.717, 1.165) is 35.4 Å². The summed E-state index contributed by atoms with van der Waals surface area (Å²) in [5.74, 6) is 2.11. The molecular formula is C13H19N3O. The molecule has 2 aromatic rings. The minimum Gasteiger partial charge on any atom is -0.469 e. The van der Waals surface area contributed by atoms with Crippen molar-refractivity contribution in [2.75, 3.05) is 5.73 Å². The molecule has 4 heteroatoms. The lowest BCUT2D eigenvalue weighted by Gasteiger charge is -2.06. The predicted octanol–water partition coefficient (Wildman–Crippen LogP) is 3.01. The molecule has 92 valence electrons. The standard InChI is InChI=1S/C13H19N3O/c1-4-11-9(5-6-17-11)12-10(7-8(2)3)13(14)16-15-12/h5-6,8H,4,7H2,1-3H3,(H3,14,15,16). The summed E-state index contributed by atoms with van der Waals surface area (Å²) in [6.07, 6.45) is 3.50. The fraction of sp³-hybridized carbons (Fsp3) is 0.462. The summed E-state index contributed by atoms with van der Waals surface area (Å²) in [7, 11) is 0. The van der Waals surface area contributed by atoms with Crippen molar-refractivity contribution in [2.24, 2.45) is 5.92 Å². The van der Waals surface area contributed by atoms with Crippen LogP contribution in [0.5, 0.6) is 0 Å². The molecule has 0 fully saturated rings. The van der Waals surface area contributed by atoms with E-state index in [4.69, 9.17) is 10.2 Å². The number of anilines is 1. The molecule has 0 bridgehead atoms. The van der Waals surface area contributed by atoms with Crippen LogP contribution < -0.4 is 5.73 Å². The zero-order valence-corrected chi connectivity index (χ0v) is 10.6. The van der Waals surface area contributed by atoms with Crippen LogP contribution in [0.1, 0.15) is 32.1 Å². The highest BCUT2D eigenvalue weighted by atomic mass is 16.3. The number of nitrogens with one attached hydrogen (secondary N) is 1. The Labute approximate surface area is 101 Å². The molecule has 0 saturated heterocycles. The number of aromatic nitrogens is 2. The fourth-order valence-corrected chi connectivity index (χ4v) is 2.05. The number of nitrogens with two attached hydrogens (primary N) is 1. The van der Waals surface area contributed by atoms with Crippen molar-refractivity contribution < 1.29 is 4.42 Å². The number of hydrogen-bond acceptors (Lipinski definition) is 3. The molecule has 0 aliphatic rings. The Bertz CT molecular complexity index is 496. The lowest BCUT2D eigenvalue weighted by atomic mass is 9.99. The highest BCUT2D eigenvalue weighted by molar-refractivity contribution is 5.69. The first-order valence-electron chi connectivity index (χ1n) is 6.02. The highest BCUT2D eigenvalue weighted by Crippen LogP contribution is 2.30. The second-order valence-electron chi connectivity index (χ2n) is 4.67. The van der Waals surface area contributed by atoms with Gasteiger partial charge in [0.2, 0.25) is 0 Å². The molecule has 17 heavy (non-hydrogen) atoms. The van der Waals surface area contributed by atoms with Crippen molar-refractivity contribution in [3.05, 3.63) is 23.7 Å². The summed E-state index contributed by atoms with van der Waals surface area (Å²) in [6.45, 7) is 6.42. The Kier molecular flexibility index (Phi) is 3.22. The number of furan rings is 1. The van der Waals surface area contributed by atoms with Crippen LogP contribution in [0.4, 0.5) is 5.82 Å². The third-order valence-corrected chi connectivity index (χ3v) is 2.85. The maximum atomic E-state index is 5.91. The van der Waals surface area contributed by atoms with E-state index in [9.17, 15) is 0 Å². The minimum absolute atomic E-state index is 0.547. The zero-order valence-electron chi connectivity index (χ0n) is 10.6. The summed E-state index contributed by atoms with van der Waals surface area (Å²) >= 11 is 0. The quantitative estimate of drug-likeness (QED) is 0.853. The van der Waals surface area contributed by atoms with E-state index < -0.39 is 0 Å². The van der Waals surface area contributed by atoms with E-state index in [2.05, 4.69) is 31.0 Å². The van der Waals surface area contributed by atoms with E-state index in [1.54, 1.807) is 6.26 Å². The predicted molar refractivity (Wildman–Crippen MR) is 68.6 cm³/mol. The molecule has 0 amide bonds. The van der Waals surface area contributed by atoms with Crippen molar-refractivity contribution in [3.63, 3.8) is 0 Å². The second kappa shape index (κ2) is 4.65. The van der Waals surface area contributed by atoms with Crippen LogP contribution in [-0.2, 0) is 12.8 Å². The van der Waals surface area contributed by atoms with Crippen LogP contribution >= 0.6 is 0 Å². The smallest absolute Gasteiger partial charge is 0.149 e. The SMILES string of the molecule is CCc1occc1-c1[nH]nc(N)c1CC(C)C. The second-order valence-corrected chi connectivity index (χ2v) is 4.67. The molecule has 3 N–H and O–H groups in total. The van der Waals surface area contributed by atoms with Gasteiger partial charge in [-0.05, 0) is 18.4 Å². The molecule has 0 atom stereocenters. The molecule has 2 heterocycles. The van der Waals surface area contributed by atoms with Gasteiger partial charge in [-0.3, -0.25) is 5.10 Å². The van der Waals surface area contributed by atoms with Gasteiger partial charge >= 0.3 is 0 Å². The van der Waals surface area contributed by atoms with Crippen LogP contribution in [0.25, 0.3) is 11.3 Å². The summed E-state index contributed by atoms with van der Waals surface area (Å²) in [6, 6.07) is 1.97. The van der Waals surface area contributed by atoms with E-state index in [1.165, 1.54) is 0 Å². The third-order valence-electron chi connectivity index (χ3n) is 2.85. The van der Waals surface area contributed by atoms with Crippen LogP contribution in [-0.4, -0.2) is 10.2 Å². The largest absolute Gasteiger partial charge is 0.469 e. The number of H-pyrrole nitrogens is 1. The number of rotatable bonds is 4. The molecule has 0 spiro atoms.